The first kappa shape index (κ1) is 13.7. The number of nitrogen functional groups attached to an aromatic ring is 1. The van der Waals surface area contributed by atoms with E-state index in [0.29, 0.717) is 34.0 Å². The van der Waals surface area contributed by atoms with Crippen LogP contribution < -0.4 is 11.1 Å². The van der Waals surface area contributed by atoms with Gasteiger partial charge in [-0.15, -0.1) is 0 Å². The van der Waals surface area contributed by atoms with Gasteiger partial charge in [-0.25, -0.2) is 9.37 Å². The number of nitrogens with zero attached hydrogens (tertiary/aromatic N) is 2. The number of halogens is 2. The standard InChI is InChI=1S/C13H14BrFN4/c1-7-3-9(4-8(2)12(7)15)6-17-13-18-10(14)5-11(16)19-13/h3-5H,6H2,1-2H3,(H3,16,17,18,19). The van der Waals surface area contributed by atoms with Gasteiger partial charge in [-0.3, -0.25) is 0 Å². The Bertz CT molecular complexity index is 572. The van der Waals surface area contributed by atoms with E-state index in [0.717, 1.165) is 5.56 Å². The number of rotatable bonds is 3. The Balaban J connectivity index is 2.14. The smallest absolute Gasteiger partial charge is 0.225 e. The van der Waals surface area contributed by atoms with E-state index in [1.54, 1.807) is 32.0 Å². The first-order valence-electron chi connectivity index (χ1n) is 5.75. The average molecular weight is 325 g/mol. The van der Waals surface area contributed by atoms with Crippen LogP contribution in [0.5, 0.6) is 0 Å². The van der Waals surface area contributed by atoms with Crippen LogP contribution in [-0.4, -0.2) is 9.97 Å². The summed E-state index contributed by atoms with van der Waals surface area (Å²) >= 11 is 3.25. The van der Waals surface area contributed by atoms with E-state index >= 15 is 0 Å². The highest BCUT2D eigenvalue weighted by molar-refractivity contribution is 9.10. The summed E-state index contributed by atoms with van der Waals surface area (Å²) in [5.74, 6) is 0.661. The molecular formula is C13H14BrFN4. The van der Waals surface area contributed by atoms with Gasteiger partial charge in [0.25, 0.3) is 0 Å². The van der Waals surface area contributed by atoms with Crippen LogP contribution in [0, 0.1) is 19.7 Å². The molecule has 2 rings (SSSR count). The maximum absolute atomic E-state index is 13.5. The first-order chi connectivity index (χ1) is 8.95. The van der Waals surface area contributed by atoms with Gasteiger partial charge in [0.15, 0.2) is 0 Å². The van der Waals surface area contributed by atoms with E-state index in [2.05, 4.69) is 31.2 Å². The molecule has 1 aromatic carbocycles. The van der Waals surface area contributed by atoms with Crippen LogP contribution in [0.3, 0.4) is 0 Å². The van der Waals surface area contributed by atoms with Crippen LogP contribution in [0.1, 0.15) is 16.7 Å². The van der Waals surface area contributed by atoms with Crippen LogP contribution in [0.25, 0.3) is 0 Å². The molecule has 6 heteroatoms. The van der Waals surface area contributed by atoms with Gasteiger partial charge in [0.05, 0.1) is 0 Å². The second-order valence-electron chi connectivity index (χ2n) is 4.34. The third-order valence-electron chi connectivity index (χ3n) is 2.66. The van der Waals surface area contributed by atoms with E-state index in [-0.39, 0.29) is 5.82 Å². The highest BCUT2D eigenvalue weighted by Gasteiger charge is 2.05. The number of aryl methyl sites for hydroxylation is 2. The summed E-state index contributed by atoms with van der Waals surface area (Å²) in [6.45, 7) is 4.01. The number of benzene rings is 1. The Labute approximate surface area is 119 Å². The van der Waals surface area contributed by atoms with Crippen molar-refractivity contribution in [1.82, 2.24) is 9.97 Å². The predicted octanol–water partition coefficient (Wildman–Crippen LogP) is 3.19. The molecule has 0 saturated carbocycles. The molecule has 0 spiro atoms. The van der Waals surface area contributed by atoms with Gasteiger partial charge < -0.3 is 11.1 Å². The molecule has 0 aliphatic heterocycles. The van der Waals surface area contributed by atoms with Crippen LogP contribution in [-0.2, 0) is 6.54 Å². The van der Waals surface area contributed by atoms with Crippen LogP contribution in [0.15, 0.2) is 22.8 Å². The molecule has 19 heavy (non-hydrogen) atoms. The molecule has 0 unspecified atom stereocenters. The van der Waals surface area contributed by atoms with Gasteiger partial charge in [0.1, 0.15) is 16.2 Å². The fraction of sp³-hybridized carbons (Fsp3) is 0.231. The third-order valence-corrected chi connectivity index (χ3v) is 3.07. The van der Waals surface area contributed by atoms with Gasteiger partial charge >= 0.3 is 0 Å². The Morgan fingerprint density at radius 1 is 1.21 bits per heavy atom. The molecule has 0 radical (unpaired) electrons. The number of aromatic nitrogens is 2. The minimum atomic E-state index is -0.160. The molecule has 1 aromatic heterocycles. The molecule has 0 fully saturated rings. The molecule has 0 amide bonds. The lowest BCUT2D eigenvalue weighted by atomic mass is 10.1. The molecule has 0 bridgehead atoms. The van der Waals surface area contributed by atoms with Crippen molar-refractivity contribution in [1.29, 1.82) is 0 Å². The van der Waals surface area contributed by atoms with Crippen molar-refractivity contribution in [2.24, 2.45) is 0 Å². The lowest BCUT2D eigenvalue weighted by molar-refractivity contribution is 0.608. The molecule has 0 aliphatic carbocycles. The number of nitrogens with two attached hydrogens (primary N) is 1. The Morgan fingerprint density at radius 2 is 1.84 bits per heavy atom. The van der Waals surface area contributed by atoms with E-state index in [4.69, 9.17) is 5.73 Å². The molecule has 0 aliphatic rings. The average Bonchev–Trinajstić information content (AvgIpc) is 2.32. The fourth-order valence-electron chi connectivity index (χ4n) is 1.83. The summed E-state index contributed by atoms with van der Waals surface area (Å²) < 4.78 is 14.1. The minimum absolute atomic E-state index is 0.160. The zero-order valence-corrected chi connectivity index (χ0v) is 12.3. The van der Waals surface area contributed by atoms with Gasteiger partial charge in [0.2, 0.25) is 5.95 Å². The minimum Gasteiger partial charge on any atom is -0.383 e. The molecule has 100 valence electrons. The first-order valence-corrected chi connectivity index (χ1v) is 6.54. The molecule has 0 saturated heterocycles. The van der Waals surface area contributed by atoms with Gasteiger partial charge in [-0.05, 0) is 46.5 Å². The Kier molecular flexibility index (Phi) is 3.99. The summed E-state index contributed by atoms with van der Waals surface area (Å²) in [6, 6.07) is 5.23. The molecule has 3 N–H and O–H groups in total. The van der Waals surface area contributed by atoms with Gasteiger partial charge in [-0.1, -0.05) is 12.1 Å². The van der Waals surface area contributed by atoms with Crippen LogP contribution in [0.4, 0.5) is 16.2 Å². The topological polar surface area (TPSA) is 63.8 Å². The SMILES string of the molecule is Cc1cc(CNc2nc(N)cc(Br)n2)cc(C)c1F. The maximum Gasteiger partial charge on any atom is 0.225 e. The van der Waals surface area contributed by atoms with Crippen molar-refractivity contribution in [3.63, 3.8) is 0 Å². The summed E-state index contributed by atoms with van der Waals surface area (Å²) in [5.41, 5.74) is 7.86. The second kappa shape index (κ2) is 5.52. The summed E-state index contributed by atoms with van der Waals surface area (Å²) in [6.07, 6.45) is 0. The quantitative estimate of drug-likeness (QED) is 0.851. The van der Waals surface area contributed by atoms with Crippen LogP contribution in [0.2, 0.25) is 0 Å². The van der Waals surface area contributed by atoms with E-state index in [1.165, 1.54) is 0 Å². The zero-order valence-electron chi connectivity index (χ0n) is 10.7. The van der Waals surface area contributed by atoms with Crippen molar-refractivity contribution in [2.75, 3.05) is 11.1 Å². The fourth-order valence-corrected chi connectivity index (χ4v) is 2.24. The normalized spacial score (nSPS) is 10.5. The highest BCUT2D eigenvalue weighted by Crippen LogP contribution is 2.17. The zero-order chi connectivity index (χ0) is 14.0. The summed E-state index contributed by atoms with van der Waals surface area (Å²) in [4.78, 5) is 8.21. The highest BCUT2D eigenvalue weighted by atomic mass is 79.9. The molecule has 1 heterocycles. The Hall–Kier alpha value is -1.69. The van der Waals surface area contributed by atoms with Crippen molar-refractivity contribution in [2.45, 2.75) is 20.4 Å². The lowest BCUT2D eigenvalue weighted by Gasteiger charge is -2.09. The summed E-state index contributed by atoms with van der Waals surface area (Å²) in [7, 11) is 0. The molecule has 0 atom stereocenters. The predicted molar refractivity (Wildman–Crippen MR) is 77.3 cm³/mol. The van der Waals surface area contributed by atoms with E-state index < -0.39 is 0 Å². The third kappa shape index (κ3) is 3.41. The molecule has 4 nitrogen and oxygen atoms in total. The largest absolute Gasteiger partial charge is 0.383 e. The van der Waals surface area contributed by atoms with Crippen LogP contribution >= 0.6 is 15.9 Å². The van der Waals surface area contributed by atoms with Crippen molar-refractivity contribution < 1.29 is 4.39 Å². The second-order valence-corrected chi connectivity index (χ2v) is 5.15. The van der Waals surface area contributed by atoms with Crippen molar-refractivity contribution >= 4 is 27.7 Å². The number of anilines is 2. The Morgan fingerprint density at radius 3 is 2.42 bits per heavy atom. The van der Waals surface area contributed by atoms with Gasteiger partial charge in [-0.2, -0.15) is 4.98 Å². The van der Waals surface area contributed by atoms with Gasteiger partial charge in [0, 0.05) is 12.6 Å². The lowest BCUT2D eigenvalue weighted by Crippen LogP contribution is -2.06. The molecular weight excluding hydrogens is 311 g/mol. The number of hydrogen-bond acceptors (Lipinski definition) is 4. The number of nitrogens with one attached hydrogen (secondary N) is 1. The van der Waals surface area contributed by atoms with E-state index in [1.807, 2.05) is 0 Å². The van der Waals surface area contributed by atoms with Crippen molar-refractivity contribution in [3.8, 4) is 0 Å². The van der Waals surface area contributed by atoms with Crippen molar-refractivity contribution in [3.05, 3.63) is 45.3 Å². The number of hydrogen-bond donors (Lipinski definition) is 2. The molecule has 2 aromatic rings. The monoisotopic (exact) mass is 324 g/mol. The maximum atomic E-state index is 13.5. The summed E-state index contributed by atoms with van der Waals surface area (Å²) in [5, 5.41) is 3.06. The van der Waals surface area contributed by atoms with E-state index in [9.17, 15) is 4.39 Å².